The van der Waals surface area contributed by atoms with Crippen LogP contribution in [0.4, 0.5) is 0 Å². The lowest BCUT2D eigenvalue weighted by Crippen LogP contribution is -2.52. The van der Waals surface area contributed by atoms with E-state index >= 15 is 0 Å². The Morgan fingerprint density at radius 2 is 2.00 bits per heavy atom. The second-order valence-electron chi connectivity index (χ2n) is 7.65. The molecule has 27 heavy (non-hydrogen) atoms. The van der Waals surface area contributed by atoms with Gasteiger partial charge in [0, 0.05) is 31.1 Å². The highest BCUT2D eigenvalue weighted by atomic mass is 16.2. The van der Waals surface area contributed by atoms with Gasteiger partial charge in [0.05, 0.1) is 0 Å². The summed E-state index contributed by atoms with van der Waals surface area (Å²) in [6.07, 6.45) is 4.18. The monoisotopic (exact) mass is 370 g/mol. The Hall–Kier alpha value is -2.25. The van der Waals surface area contributed by atoms with E-state index in [0.717, 1.165) is 37.2 Å². The number of piperidine rings is 1. The van der Waals surface area contributed by atoms with Crippen LogP contribution in [0.15, 0.2) is 18.2 Å². The summed E-state index contributed by atoms with van der Waals surface area (Å²) in [4.78, 5) is 37.8. The molecule has 2 atom stereocenters. The second-order valence-corrected chi connectivity index (χ2v) is 7.65. The molecule has 3 aliphatic rings. The number of nitrogens with zero attached hydrogens (tertiary/aromatic N) is 1. The highest BCUT2D eigenvalue weighted by Gasteiger charge is 2.39. The van der Waals surface area contributed by atoms with Crippen LogP contribution in [0, 0.1) is 0 Å². The van der Waals surface area contributed by atoms with Crippen molar-refractivity contribution in [2.45, 2.75) is 57.3 Å². The molecule has 4 rings (SSSR count). The minimum atomic E-state index is -0.553. The Morgan fingerprint density at radius 3 is 2.85 bits per heavy atom. The number of fused-ring (bicyclic) bond motifs is 1. The van der Waals surface area contributed by atoms with Crippen LogP contribution in [-0.4, -0.2) is 47.8 Å². The molecule has 7 heteroatoms. The summed E-state index contributed by atoms with van der Waals surface area (Å²) < 4.78 is 0. The molecular weight excluding hydrogens is 344 g/mol. The standard InChI is InChI=1S/C20H26N4O3/c25-18-6-5-17(19(26)23-18)24-12-14-10-13(3-4-16(14)20(24)27)11-22-15-2-1-8-21-9-7-15/h3-4,10,15,17,21-22H,1-2,5-9,11-12H2,(H,23,25,26). The Kier molecular flexibility index (Phi) is 5.22. The summed E-state index contributed by atoms with van der Waals surface area (Å²) >= 11 is 0. The van der Waals surface area contributed by atoms with Gasteiger partial charge in [-0.15, -0.1) is 0 Å². The van der Waals surface area contributed by atoms with Crippen molar-refractivity contribution in [3.63, 3.8) is 0 Å². The van der Waals surface area contributed by atoms with Crippen LogP contribution in [0.3, 0.4) is 0 Å². The third-order valence-corrected chi connectivity index (χ3v) is 5.76. The van der Waals surface area contributed by atoms with Gasteiger partial charge in [0.1, 0.15) is 6.04 Å². The first kappa shape index (κ1) is 18.1. The van der Waals surface area contributed by atoms with Crippen molar-refractivity contribution in [2.24, 2.45) is 0 Å². The number of carbonyl (C=O) groups is 3. The molecular formula is C20H26N4O3. The molecule has 3 amide bonds. The lowest BCUT2D eigenvalue weighted by Gasteiger charge is -2.29. The van der Waals surface area contributed by atoms with Crippen LogP contribution in [0.2, 0.25) is 0 Å². The van der Waals surface area contributed by atoms with Gasteiger partial charge in [-0.3, -0.25) is 19.7 Å². The molecule has 0 aromatic heterocycles. The summed E-state index contributed by atoms with van der Waals surface area (Å²) in [6.45, 7) is 3.36. The number of carbonyl (C=O) groups excluding carboxylic acids is 3. The summed E-state index contributed by atoms with van der Waals surface area (Å²) in [7, 11) is 0. The van der Waals surface area contributed by atoms with E-state index in [1.54, 1.807) is 4.90 Å². The fourth-order valence-electron chi connectivity index (χ4n) is 4.22. The van der Waals surface area contributed by atoms with Gasteiger partial charge >= 0.3 is 0 Å². The molecule has 3 N–H and O–H groups in total. The Bertz CT molecular complexity index is 756. The van der Waals surface area contributed by atoms with Crippen molar-refractivity contribution in [1.29, 1.82) is 0 Å². The molecule has 2 unspecified atom stereocenters. The third kappa shape index (κ3) is 3.89. The van der Waals surface area contributed by atoms with Crippen LogP contribution in [-0.2, 0) is 22.7 Å². The van der Waals surface area contributed by atoms with Crippen LogP contribution < -0.4 is 16.0 Å². The van der Waals surface area contributed by atoms with Gasteiger partial charge in [-0.05, 0) is 56.0 Å². The summed E-state index contributed by atoms with van der Waals surface area (Å²) in [5.41, 5.74) is 2.79. The van der Waals surface area contributed by atoms with Gasteiger partial charge in [-0.2, -0.15) is 0 Å². The van der Waals surface area contributed by atoms with Gasteiger partial charge in [0.25, 0.3) is 5.91 Å². The first-order valence-corrected chi connectivity index (χ1v) is 9.82. The predicted molar refractivity (Wildman–Crippen MR) is 99.8 cm³/mol. The molecule has 3 heterocycles. The number of benzene rings is 1. The number of imide groups is 1. The Labute approximate surface area is 158 Å². The summed E-state index contributed by atoms with van der Waals surface area (Å²) in [6, 6.07) is 5.90. The van der Waals surface area contributed by atoms with Crippen LogP contribution in [0.5, 0.6) is 0 Å². The van der Waals surface area contributed by atoms with E-state index in [2.05, 4.69) is 22.0 Å². The van der Waals surface area contributed by atoms with E-state index in [4.69, 9.17) is 0 Å². The highest BCUT2D eigenvalue weighted by molar-refractivity contribution is 6.05. The molecule has 0 radical (unpaired) electrons. The van der Waals surface area contributed by atoms with E-state index < -0.39 is 6.04 Å². The summed E-state index contributed by atoms with van der Waals surface area (Å²) in [5, 5.41) is 9.39. The molecule has 0 aliphatic carbocycles. The smallest absolute Gasteiger partial charge is 0.255 e. The van der Waals surface area contributed by atoms with E-state index in [1.807, 2.05) is 12.1 Å². The molecule has 7 nitrogen and oxygen atoms in total. The second kappa shape index (κ2) is 7.78. The molecule has 1 aromatic rings. The first-order valence-electron chi connectivity index (χ1n) is 9.82. The lowest BCUT2D eigenvalue weighted by molar-refractivity contribution is -0.136. The Morgan fingerprint density at radius 1 is 1.11 bits per heavy atom. The first-order chi connectivity index (χ1) is 13.1. The topological polar surface area (TPSA) is 90.5 Å². The molecule has 0 spiro atoms. The molecule has 3 aliphatic heterocycles. The number of nitrogens with one attached hydrogen (secondary N) is 3. The maximum absolute atomic E-state index is 12.7. The zero-order chi connectivity index (χ0) is 18.8. The zero-order valence-corrected chi connectivity index (χ0v) is 15.4. The largest absolute Gasteiger partial charge is 0.322 e. The number of hydrogen-bond acceptors (Lipinski definition) is 5. The normalized spacial score (nSPS) is 25.9. The van der Waals surface area contributed by atoms with Crippen LogP contribution in [0.25, 0.3) is 0 Å². The molecule has 2 fully saturated rings. The number of amides is 3. The fraction of sp³-hybridized carbons (Fsp3) is 0.550. The average Bonchev–Trinajstić information content (AvgIpc) is 2.83. The highest BCUT2D eigenvalue weighted by Crippen LogP contribution is 2.28. The molecule has 2 saturated heterocycles. The predicted octanol–water partition coefficient (Wildman–Crippen LogP) is 0.679. The SMILES string of the molecule is O=C1CCC(N2Cc3cc(CNC4CCCNCC4)ccc3C2=O)C(=O)N1. The van der Waals surface area contributed by atoms with Crippen molar-refractivity contribution >= 4 is 17.7 Å². The quantitative estimate of drug-likeness (QED) is 0.678. The molecule has 0 bridgehead atoms. The maximum atomic E-state index is 12.7. The van der Waals surface area contributed by atoms with Gasteiger partial charge in [-0.25, -0.2) is 0 Å². The van der Waals surface area contributed by atoms with E-state index in [9.17, 15) is 14.4 Å². The van der Waals surface area contributed by atoms with Crippen molar-refractivity contribution in [3.8, 4) is 0 Å². The number of hydrogen-bond donors (Lipinski definition) is 3. The van der Waals surface area contributed by atoms with Crippen molar-refractivity contribution in [3.05, 3.63) is 34.9 Å². The van der Waals surface area contributed by atoms with E-state index in [0.29, 0.717) is 24.6 Å². The van der Waals surface area contributed by atoms with Crippen molar-refractivity contribution < 1.29 is 14.4 Å². The molecule has 1 aromatic carbocycles. The average molecular weight is 370 g/mol. The maximum Gasteiger partial charge on any atom is 0.255 e. The van der Waals surface area contributed by atoms with E-state index in [-0.39, 0.29) is 24.1 Å². The Balaban J connectivity index is 1.41. The third-order valence-electron chi connectivity index (χ3n) is 5.76. The number of rotatable bonds is 4. The van der Waals surface area contributed by atoms with Crippen molar-refractivity contribution in [1.82, 2.24) is 20.9 Å². The van der Waals surface area contributed by atoms with Crippen molar-refractivity contribution in [2.75, 3.05) is 13.1 Å². The zero-order valence-electron chi connectivity index (χ0n) is 15.4. The van der Waals surface area contributed by atoms with Gasteiger partial charge in [-0.1, -0.05) is 12.1 Å². The van der Waals surface area contributed by atoms with E-state index in [1.165, 1.54) is 12.8 Å². The minimum absolute atomic E-state index is 0.117. The molecule has 144 valence electrons. The van der Waals surface area contributed by atoms with Crippen LogP contribution in [0.1, 0.15) is 53.6 Å². The van der Waals surface area contributed by atoms with Gasteiger partial charge in [0.15, 0.2) is 0 Å². The van der Waals surface area contributed by atoms with Gasteiger partial charge in [0.2, 0.25) is 11.8 Å². The lowest BCUT2D eigenvalue weighted by atomic mass is 10.0. The fourth-order valence-corrected chi connectivity index (χ4v) is 4.22. The van der Waals surface area contributed by atoms with Gasteiger partial charge < -0.3 is 15.5 Å². The molecule has 0 saturated carbocycles. The van der Waals surface area contributed by atoms with Crippen LogP contribution >= 0.6 is 0 Å². The summed E-state index contributed by atoms with van der Waals surface area (Å²) in [5.74, 6) is -0.743. The minimum Gasteiger partial charge on any atom is -0.322 e.